The van der Waals surface area contributed by atoms with Crippen LogP contribution in [0.5, 0.6) is 0 Å². The predicted octanol–water partition coefficient (Wildman–Crippen LogP) is 3.56. The number of nitrogen functional groups attached to an aromatic ring is 1. The molecule has 0 radical (unpaired) electrons. The monoisotopic (exact) mass is 261 g/mol. The number of nitrogens with zero attached hydrogens (tertiary/aromatic N) is 2. The molecule has 0 saturated carbocycles. The van der Waals surface area contributed by atoms with E-state index in [1.165, 1.54) is 0 Å². The van der Waals surface area contributed by atoms with Crippen molar-refractivity contribution in [1.82, 2.24) is 9.97 Å². The van der Waals surface area contributed by atoms with Crippen LogP contribution in [0.4, 0.5) is 5.82 Å². The van der Waals surface area contributed by atoms with E-state index < -0.39 is 0 Å². The third-order valence-electron chi connectivity index (χ3n) is 3.03. The lowest BCUT2D eigenvalue weighted by atomic mass is 10.1. The summed E-state index contributed by atoms with van der Waals surface area (Å²) in [5, 5.41) is 0.714. The summed E-state index contributed by atoms with van der Waals surface area (Å²) in [6.45, 7) is 6.00. The van der Waals surface area contributed by atoms with Gasteiger partial charge in [0.25, 0.3) is 0 Å². The molecule has 4 heteroatoms. The first kappa shape index (κ1) is 12.8. The average Bonchev–Trinajstić information content (AvgIpc) is 2.28. The van der Waals surface area contributed by atoms with Crippen molar-refractivity contribution in [2.24, 2.45) is 0 Å². The first-order valence-electron chi connectivity index (χ1n) is 5.92. The number of rotatable bonds is 2. The van der Waals surface area contributed by atoms with E-state index in [9.17, 15) is 0 Å². The van der Waals surface area contributed by atoms with E-state index in [2.05, 4.69) is 16.9 Å². The van der Waals surface area contributed by atoms with Gasteiger partial charge in [-0.05, 0) is 44.0 Å². The molecule has 0 bridgehead atoms. The number of anilines is 1. The van der Waals surface area contributed by atoms with Crippen molar-refractivity contribution in [3.8, 4) is 11.4 Å². The van der Waals surface area contributed by atoms with Crippen molar-refractivity contribution in [2.45, 2.75) is 27.2 Å². The van der Waals surface area contributed by atoms with Crippen LogP contribution in [0, 0.1) is 13.8 Å². The van der Waals surface area contributed by atoms with Crippen LogP contribution in [0.1, 0.15) is 23.7 Å². The van der Waals surface area contributed by atoms with E-state index in [0.717, 1.165) is 28.8 Å². The first-order valence-corrected chi connectivity index (χ1v) is 6.30. The Labute approximate surface area is 112 Å². The minimum atomic E-state index is 0.564. The van der Waals surface area contributed by atoms with E-state index in [0.29, 0.717) is 16.7 Å². The van der Waals surface area contributed by atoms with E-state index in [-0.39, 0.29) is 0 Å². The molecule has 0 atom stereocenters. The quantitative estimate of drug-likeness (QED) is 0.899. The standard InChI is InChI=1S/C14H16ClN3/c1-4-11-9(3)17-14(18-13(11)16)12-6-5-10(15)7-8(12)2/h5-7H,4H2,1-3H3,(H2,16,17,18). The van der Waals surface area contributed by atoms with Crippen molar-refractivity contribution in [3.05, 3.63) is 40.0 Å². The second-order valence-electron chi connectivity index (χ2n) is 4.31. The van der Waals surface area contributed by atoms with Crippen LogP contribution in [0.15, 0.2) is 18.2 Å². The van der Waals surface area contributed by atoms with E-state index in [1.807, 2.05) is 32.0 Å². The SMILES string of the molecule is CCc1c(C)nc(-c2ccc(Cl)cc2C)nc1N. The highest BCUT2D eigenvalue weighted by atomic mass is 35.5. The zero-order valence-electron chi connectivity index (χ0n) is 10.8. The minimum Gasteiger partial charge on any atom is -0.383 e. The summed E-state index contributed by atoms with van der Waals surface area (Å²) in [6, 6.07) is 5.67. The van der Waals surface area contributed by atoms with Gasteiger partial charge in [-0.1, -0.05) is 18.5 Å². The van der Waals surface area contributed by atoms with Gasteiger partial charge in [-0.15, -0.1) is 0 Å². The average molecular weight is 262 g/mol. The summed E-state index contributed by atoms with van der Waals surface area (Å²) in [7, 11) is 0. The van der Waals surface area contributed by atoms with Gasteiger partial charge in [0.1, 0.15) is 5.82 Å². The molecule has 94 valence electrons. The molecule has 0 aliphatic rings. The lowest BCUT2D eigenvalue weighted by molar-refractivity contribution is 1.01. The molecule has 0 unspecified atom stereocenters. The fraction of sp³-hybridized carbons (Fsp3) is 0.286. The Morgan fingerprint density at radius 2 is 1.94 bits per heavy atom. The van der Waals surface area contributed by atoms with Crippen LogP contribution in [-0.4, -0.2) is 9.97 Å². The number of aromatic nitrogens is 2. The number of benzene rings is 1. The van der Waals surface area contributed by atoms with Crippen LogP contribution < -0.4 is 5.73 Å². The third kappa shape index (κ3) is 2.31. The van der Waals surface area contributed by atoms with Gasteiger partial charge in [0, 0.05) is 21.8 Å². The Morgan fingerprint density at radius 3 is 2.50 bits per heavy atom. The molecule has 2 N–H and O–H groups in total. The summed E-state index contributed by atoms with van der Waals surface area (Å²) in [6.07, 6.45) is 0.845. The Kier molecular flexibility index (Phi) is 3.53. The maximum Gasteiger partial charge on any atom is 0.162 e. The predicted molar refractivity (Wildman–Crippen MR) is 75.7 cm³/mol. The van der Waals surface area contributed by atoms with Gasteiger partial charge in [0.2, 0.25) is 0 Å². The number of aryl methyl sites for hydroxylation is 2. The molecule has 2 aromatic rings. The van der Waals surface area contributed by atoms with Gasteiger partial charge in [0.05, 0.1) is 0 Å². The second-order valence-corrected chi connectivity index (χ2v) is 4.75. The minimum absolute atomic E-state index is 0.564. The van der Waals surface area contributed by atoms with Gasteiger partial charge >= 0.3 is 0 Å². The number of hydrogen-bond donors (Lipinski definition) is 1. The number of hydrogen-bond acceptors (Lipinski definition) is 3. The molecule has 0 fully saturated rings. The van der Waals surface area contributed by atoms with Crippen molar-refractivity contribution in [1.29, 1.82) is 0 Å². The Hall–Kier alpha value is -1.61. The van der Waals surface area contributed by atoms with Crippen LogP contribution in [0.2, 0.25) is 5.02 Å². The van der Waals surface area contributed by atoms with E-state index in [1.54, 1.807) is 0 Å². The topological polar surface area (TPSA) is 51.8 Å². The van der Waals surface area contributed by atoms with Crippen molar-refractivity contribution in [2.75, 3.05) is 5.73 Å². The maximum absolute atomic E-state index is 5.97. The highest BCUT2D eigenvalue weighted by molar-refractivity contribution is 6.30. The zero-order chi connectivity index (χ0) is 13.3. The van der Waals surface area contributed by atoms with Gasteiger partial charge in [-0.25, -0.2) is 9.97 Å². The lowest BCUT2D eigenvalue weighted by Crippen LogP contribution is -2.05. The normalized spacial score (nSPS) is 10.7. The third-order valence-corrected chi connectivity index (χ3v) is 3.26. The molecule has 1 heterocycles. The lowest BCUT2D eigenvalue weighted by Gasteiger charge is -2.10. The summed E-state index contributed by atoms with van der Waals surface area (Å²) >= 11 is 5.95. The van der Waals surface area contributed by atoms with Crippen molar-refractivity contribution in [3.63, 3.8) is 0 Å². The Morgan fingerprint density at radius 1 is 1.22 bits per heavy atom. The second kappa shape index (κ2) is 4.94. The van der Waals surface area contributed by atoms with Crippen LogP contribution in [-0.2, 0) is 6.42 Å². The number of nitrogens with two attached hydrogens (primary N) is 1. The molecule has 1 aromatic carbocycles. The van der Waals surface area contributed by atoms with E-state index in [4.69, 9.17) is 17.3 Å². The first-order chi connectivity index (χ1) is 8.52. The molecule has 0 spiro atoms. The molecule has 18 heavy (non-hydrogen) atoms. The van der Waals surface area contributed by atoms with Crippen LogP contribution in [0.3, 0.4) is 0 Å². The molecule has 0 aliphatic carbocycles. The number of halogens is 1. The molecule has 3 nitrogen and oxygen atoms in total. The maximum atomic E-state index is 5.97. The molecule has 2 rings (SSSR count). The molecule has 0 saturated heterocycles. The Bertz CT molecular complexity index is 571. The molecule has 1 aromatic heterocycles. The molecule has 0 aliphatic heterocycles. The summed E-state index contributed by atoms with van der Waals surface area (Å²) in [5.74, 6) is 1.23. The van der Waals surface area contributed by atoms with Gasteiger partial charge in [-0.3, -0.25) is 0 Å². The van der Waals surface area contributed by atoms with Crippen LogP contribution >= 0.6 is 11.6 Å². The summed E-state index contributed by atoms with van der Waals surface area (Å²) in [4.78, 5) is 8.92. The molecular weight excluding hydrogens is 246 g/mol. The fourth-order valence-electron chi connectivity index (χ4n) is 2.05. The highest BCUT2D eigenvalue weighted by Gasteiger charge is 2.11. The van der Waals surface area contributed by atoms with Crippen molar-refractivity contribution >= 4 is 17.4 Å². The van der Waals surface area contributed by atoms with Gasteiger partial charge in [0.15, 0.2) is 5.82 Å². The smallest absolute Gasteiger partial charge is 0.162 e. The van der Waals surface area contributed by atoms with Gasteiger partial charge < -0.3 is 5.73 Å². The highest BCUT2D eigenvalue weighted by Crippen LogP contribution is 2.25. The fourth-order valence-corrected chi connectivity index (χ4v) is 2.28. The zero-order valence-corrected chi connectivity index (χ0v) is 11.5. The summed E-state index contributed by atoms with van der Waals surface area (Å²) < 4.78 is 0. The Balaban J connectivity index is 2.58. The van der Waals surface area contributed by atoms with Gasteiger partial charge in [-0.2, -0.15) is 0 Å². The van der Waals surface area contributed by atoms with E-state index >= 15 is 0 Å². The largest absolute Gasteiger partial charge is 0.383 e. The molecular formula is C14H16ClN3. The van der Waals surface area contributed by atoms with Crippen LogP contribution in [0.25, 0.3) is 11.4 Å². The molecule has 0 amide bonds. The summed E-state index contributed by atoms with van der Waals surface area (Å²) in [5.41, 5.74) is 9.95. The van der Waals surface area contributed by atoms with Crippen molar-refractivity contribution < 1.29 is 0 Å².